The molecule has 2 fully saturated rings. The summed E-state index contributed by atoms with van der Waals surface area (Å²) in [6, 6.07) is 10.1. The molecule has 22 heavy (non-hydrogen) atoms. The second-order valence-corrected chi connectivity index (χ2v) is 7.80. The molecule has 1 saturated heterocycles. The van der Waals surface area contributed by atoms with Crippen molar-refractivity contribution >= 4 is 5.97 Å². The quantitative estimate of drug-likeness (QED) is 0.765. The number of carbonyl (C=O) groups excluding carboxylic acids is 1. The number of benzene rings is 1. The lowest BCUT2D eigenvalue weighted by Gasteiger charge is -2.59. The van der Waals surface area contributed by atoms with Gasteiger partial charge in [-0.15, -0.1) is 0 Å². The molecule has 1 aromatic rings. The third-order valence-electron chi connectivity index (χ3n) is 5.33. The van der Waals surface area contributed by atoms with Gasteiger partial charge in [-0.2, -0.15) is 0 Å². The van der Waals surface area contributed by atoms with Gasteiger partial charge in [-0.3, -0.25) is 4.79 Å². The van der Waals surface area contributed by atoms with E-state index in [1.807, 2.05) is 18.2 Å². The summed E-state index contributed by atoms with van der Waals surface area (Å²) in [5.74, 6) is 0.404. The Morgan fingerprint density at radius 3 is 2.50 bits per heavy atom. The molecule has 1 heterocycles. The van der Waals surface area contributed by atoms with Crippen LogP contribution in [0.15, 0.2) is 30.3 Å². The fourth-order valence-corrected chi connectivity index (χ4v) is 4.03. The predicted molar refractivity (Wildman–Crippen MR) is 85.3 cm³/mol. The summed E-state index contributed by atoms with van der Waals surface area (Å²) in [5, 5.41) is 0. The maximum Gasteiger partial charge on any atom is 0.303 e. The lowest BCUT2D eigenvalue weighted by Crippen LogP contribution is -2.65. The normalized spacial score (nSPS) is 34.5. The molecule has 4 atom stereocenters. The maximum absolute atomic E-state index is 11.7. The summed E-state index contributed by atoms with van der Waals surface area (Å²) < 4.78 is 12.0. The summed E-state index contributed by atoms with van der Waals surface area (Å²) in [6.07, 6.45) is 2.85. The molecule has 0 amide bonds. The number of rotatable bonds is 2. The highest BCUT2D eigenvalue weighted by Crippen LogP contribution is 2.57. The first-order valence-electron chi connectivity index (χ1n) is 8.23. The molecule has 0 radical (unpaired) electrons. The van der Waals surface area contributed by atoms with Crippen molar-refractivity contribution < 1.29 is 14.3 Å². The summed E-state index contributed by atoms with van der Waals surface area (Å²) in [5.41, 5.74) is 0.910. The zero-order valence-corrected chi connectivity index (χ0v) is 14.0. The van der Waals surface area contributed by atoms with E-state index < -0.39 is 5.60 Å². The van der Waals surface area contributed by atoms with Crippen LogP contribution in [0.4, 0.5) is 0 Å². The number of hydrogen-bond donors (Lipinski definition) is 0. The van der Waals surface area contributed by atoms with Crippen molar-refractivity contribution in [2.24, 2.45) is 11.3 Å². The van der Waals surface area contributed by atoms with E-state index in [0.717, 1.165) is 24.8 Å². The van der Waals surface area contributed by atoms with E-state index in [0.29, 0.717) is 5.92 Å². The van der Waals surface area contributed by atoms with Crippen molar-refractivity contribution in [3.8, 4) is 0 Å². The van der Waals surface area contributed by atoms with Gasteiger partial charge in [-0.25, -0.2) is 0 Å². The molecule has 0 unspecified atom stereocenters. The average Bonchev–Trinajstić information content (AvgIpc) is 2.42. The monoisotopic (exact) mass is 302 g/mol. The van der Waals surface area contributed by atoms with Gasteiger partial charge in [0.1, 0.15) is 12.2 Å². The van der Waals surface area contributed by atoms with Gasteiger partial charge in [0.15, 0.2) is 5.60 Å². The van der Waals surface area contributed by atoms with Crippen LogP contribution in [0.3, 0.4) is 0 Å². The largest absolute Gasteiger partial charge is 0.453 e. The topological polar surface area (TPSA) is 35.5 Å². The maximum atomic E-state index is 11.7. The van der Waals surface area contributed by atoms with Gasteiger partial charge in [0.25, 0.3) is 0 Å². The molecule has 3 nitrogen and oxygen atoms in total. The Hall–Kier alpha value is -1.35. The minimum atomic E-state index is -0.463. The lowest BCUT2D eigenvalue weighted by molar-refractivity contribution is -0.321. The van der Waals surface area contributed by atoms with E-state index in [9.17, 15) is 4.79 Å². The van der Waals surface area contributed by atoms with Crippen molar-refractivity contribution in [2.45, 2.75) is 64.8 Å². The molecule has 0 N–H and O–H groups in total. The first-order valence-corrected chi connectivity index (χ1v) is 8.23. The van der Waals surface area contributed by atoms with Crippen LogP contribution in [0.2, 0.25) is 0 Å². The Labute approximate surface area is 133 Å². The summed E-state index contributed by atoms with van der Waals surface area (Å²) in [7, 11) is 0. The first kappa shape index (κ1) is 15.5. The number of fused-ring (bicyclic) bond motifs is 1. The molecule has 1 aromatic carbocycles. The summed E-state index contributed by atoms with van der Waals surface area (Å²) >= 11 is 0. The average molecular weight is 302 g/mol. The van der Waals surface area contributed by atoms with E-state index in [4.69, 9.17) is 9.47 Å². The fraction of sp³-hybridized carbons (Fsp3) is 0.632. The number of ether oxygens (including phenoxy) is 2. The van der Waals surface area contributed by atoms with Gasteiger partial charge >= 0.3 is 5.97 Å². The number of esters is 1. The highest BCUT2D eigenvalue weighted by Gasteiger charge is 2.62. The second-order valence-electron chi connectivity index (χ2n) is 7.80. The van der Waals surface area contributed by atoms with Crippen molar-refractivity contribution in [3.05, 3.63) is 35.9 Å². The molecule has 3 heteroatoms. The molecule has 0 bridgehead atoms. The molecule has 0 spiro atoms. The Kier molecular flexibility index (Phi) is 3.80. The van der Waals surface area contributed by atoms with Gasteiger partial charge in [-0.05, 0) is 36.2 Å². The van der Waals surface area contributed by atoms with Crippen LogP contribution in [-0.2, 0) is 14.3 Å². The van der Waals surface area contributed by atoms with Crippen LogP contribution in [0, 0.1) is 11.3 Å². The molecular weight excluding hydrogens is 276 g/mol. The van der Waals surface area contributed by atoms with Crippen molar-refractivity contribution in [1.29, 1.82) is 0 Å². The SMILES string of the molecule is CC(=O)O[C@]12CC[C@@H](C(C)(C)C)C[C@H]1O[C@@H]2c1ccccc1. The Balaban J connectivity index is 1.85. The van der Waals surface area contributed by atoms with E-state index in [1.54, 1.807) is 0 Å². The van der Waals surface area contributed by atoms with Gasteiger partial charge in [0.05, 0.1) is 0 Å². The molecule has 120 valence electrons. The molecular formula is C19H26O3. The van der Waals surface area contributed by atoms with E-state index >= 15 is 0 Å². The van der Waals surface area contributed by atoms with Crippen molar-refractivity contribution in [3.63, 3.8) is 0 Å². The molecule has 1 saturated carbocycles. The molecule has 3 rings (SSSR count). The second kappa shape index (κ2) is 5.38. The number of hydrogen-bond acceptors (Lipinski definition) is 3. The van der Waals surface area contributed by atoms with Gasteiger partial charge < -0.3 is 9.47 Å². The third kappa shape index (κ3) is 2.56. The Morgan fingerprint density at radius 2 is 1.95 bits per heavy atom. The van der Waals surface area contributed by atoms with Gasteiger partial charge in [0.2, 0.25) is 0 Å². The van der Waals surface area contributed by atoms with Gasteiger partial charge in [0, 0.05) is 6.92 Å². The Bertz CT molecular complexity index is 546. The standard InChI is InChI=1S/C19H26O3/c1-13(20)22-19-11-10-15(18(2,3)4)12-16(19)21-17(19)14-8-6-5-7-9-14/h5-9,15-17H,10-12H2,1-4H3/t15-,16-,17-,19-/m1/s1. The van der Waals surface area contributed by atoms with Crippen molar-refractivity contribution in [1.82, 2.24) is 0 Å². The van der Waals surface area contributed by atoms with E-state index in [-0.39, 0.29) is 23.6 Å². The smallest absolute Gasteiger partial charge is 0.303 e. The highest BCUT2D eigenvalue weighted by molar-refractivity contribution is 5.67. The summed E-state index contributed by atoms with van der Waals surface area (Å²) in [6.45, 7) is 8.35. The minimum Gasteiger partial charge on any atom is -0.453 e. The Morgan fingerprint density at radius 1 is 1.27 bits per heavy atom. The zero-order chi connectivity index (χ0) is 16.0. The summed E-state index contributed by atoms with van der Waals surface area (Å²) in [4.78, 5) is 11.7. The van der Waals surface area contributed by atoms with Crippen LogP contribution in [0.1, 0.15) is 58.6 Å². The van der Waals surface area contributed by atoms with Crippen LogP contribution in [0.5, 0.6) is 0 Å². The zero-order valence-electron chi connectivity index (χ0n) is 14.0. The van der Waals surface area contributed by atoms with Crippen LogP contribution in [-0.4, -0.2) is 17.7 Å². The minimum absolute atomic E-state index is 0.0274. The first-order chi connectivity index (χ1) is 10.3. The van der Waals surface area contributed by atoms with Crippen LogP contribution < -0.4 is 0 Å². The van der Waals surface area contributed by atoms with Crippen molar-refractivity contribution in [2.75, 3.05) is 0 Å². The predicted octanol–water partition coefficient (Wildman–Crippen LogP) is 4.27. The molecule has 0 aromatic heterocycles. The van der Waals surface area contributed by atoms with Crippen LogP contribution in [0.25, 0.3) is 0 Å². The van der Waals surface area contributed by atoms with E-state index in [1.165, 1.54) is 6.92 Å². The molecule has 1 aliphatic heterocycles. The van der Waals surface area contributed by atoms with Crippen LogP contribution >= 0.6 is 0 Å². The highest BCUT2D eigenvalue weighted by atomic mass is 16.6. The van der Waals surface area contributed by atoms with Gasteiger partial charge in [-0.1, -0.05) is 51.1 Å². The van der Waals surface area contributed by atoms with E-state index in [2.05, 4.69) is 32.9 Å². The molecule has 2 aliphatic rings. The third-order valence-corrected chi connectivity index (χ3v) is 5.33. The fourth-order valence-electron chi connectivity index (χ4n) is 4.03. The number of carbonyl (C=O) groups is 1. The lowest BCUT2D eigenvalue weighted by atomic mass is 9.62. The molecule has 1 aliphatic carbocycles.